The number of piperidine rings is 1. The number of nitrogens with zero attached hydrogens (tertiary/aromatic N) is 2. The third-order valence-electron chi connectivity index (χ3n) is 4.19. The molecule has 0 atom stereocenters. The van der Waals surface area contributed by atoms with Crippen molar-refractivity contribution >= 4 is 23.3 Å². The smallest absolute Gasteiger partial charge is 0.224 e. The topological polar surface area (TPSA) is 61.0 Å². The van der Waals surface area contributed by atoms with E-state index in [4.69, 9.17) is 11.6 Å². The van der Waals surface area contributed by atoms with E-state index < -0.39 is 0 Å². The number of halogens is 1. The second-order valence-corrected chi connectivity index (χ2v) is 6.41. The zero-order valence-electron chi connectivity index (χ0n) is 13.2. The molecule has 5 nitrogen and oxygen atoms in total. The first-order chi connectivity index (χ1) is 11.1. The van der Waals surface area contributed by atoms with E-state index in [0.717, 1.165) is 43.0 Å². The summed E-state index contributed by atoms with van der Waals surface area (Å²) in [6.45, 7) is 3.81. The number of hydrogen-bond donors (Lipinski definition) is 2. The minimum Gasteiger partial charge on any atom is -0.355 e. The lowest BCUT2D eigenvalue weighted by molar-refractivity contribution is -0.121. The Kier molecular flexibility index (Phi) is 4.86. The van der Waals surface area contributed by atoms with Crippen molar-refractivity contribution in [1.29, 1.82) is 0 Å². The summed E-state index contributed by atoms with van der Waals surface area (Å²) in [6, 6.07) is 9.76. The standard InChI is InChI=1S/C17H21ClN4O/c1-12-10-16(21-20-12)22-8-6-14(7-9-22)19-17(23)11-13-4-2-3-5-15(13)18/h2-5,10,14H,6-9,11H2,1H3,(H,19,23)(H,20,21). The fourth-order valence-electron chi connectivity index (χ4n) is 2.91. The van der Waals surface area contributed by atoms with Crippen LogP contribution >= 0.6 is 11.6 Å². The SMILES string of the molecule is Cc1cc(N2CCC(NC(=O)Cc3ccccc3Cl)CC2)n[nH]1. The van der Waals surface area contributed by atoms with E-state index in [1.807, 2.05) is 31.2 Å². The quantitative estimate of drug-likeness (QED) is 0.905. The number of aromatic nitrogens is 2. The molecule has 1 aromatic carbocycles. The monoisotopic (exact) mass is 332 g/mol. The number of hydrogen-bond acceptors (Lipinski definition) is 3. The number of benzene rings is 1. The number of carbonyl (C=O) groups is 1. The van der Waals surface area contributed by atoms with Crippen LogP contribution in [0, 0.1) is 6.92 Å². The normalized spacial score (nSPS) is 15.7. The van der Waals surface area contributed by atoms with Gasteiger partial charge in [-0.3, -0.25) is 9.89 Å². The Morgan fingerprint density at radius 1 is 1.39 bits per heavy atom. The summed E-state index contributed by atoms with van der Waals surface area (Å²) in [6.07, 6.45) is 2.19. The molecule has 1 aliphatic rings. The van der Waals surface area contributed by atoms with Crippen molar-refractivity contribution in [2.75, 3.05) is 18.0 Å². The van der Waals surface area contributed by atoms with Crippen LogP contribution in [0.3, 0.4) is 0 Å². The van der Waals surface area contributed by atoms with Gasteiger partial charge in [0.05, 0.1) is 6.42 Å². The molecule has 6 heteroatoms. The maximum atomic E-state index is 12.2. The lowest BCUT2D eigenvalue weighted by Crippen LogP contribution is -2.45. The predicted molar refractivity (Wildman–Crippen MR) is 91.9 cm³/mol. The third kappa shape index (κ3) is 4.05. The first-order valence-corrected chi connectivity index (χ1v) is 8.29. The number of carbonyl (C=O) groups excluding carboxylic acids is 1. The van der Waals surface area contributed by atoms with Crippen LogP contribution in [0.15, 0.2) is 30.3 Å². The Morgan fingerprint density at radius 2 is 2.13 bits per heavy atom. The first kappa shape index (κ1) is 15.9. The average Bonchev–Trinajstić information content (AvgIpc) is 2.97. The number of H-pyrrole nitrogens is 1. The van der Waals surface area contributed by atoms with Gasteiger partial charge in [-0.25, -0.2) is 0 Å². The second-order valence-electron chi connectivity index (χ2n) is 6.01. The summed E-state index contributed by atoms with van der Waals surface area (Å²) >= 11 is 6.10. The molecular formula is C17H21ClN4O. The first-order valence-electron chi connectivity index (χ1n) is 7.91. The van der Waals surface area contributed by atoms with E-state index in [9.17, 15) is 4.79 Å². The van der Waals surface area contributed by atoms with Gasteiger partial charge in [-0.1, -0.05) is 29.8 Å². The molecule has 1 saturated heterocycles. The molecule has 1 aliphatic heterocycles. The minimum absolute atomic E-state index is 0.0344. The zero-order valence-corrected chi connectivity index (χ0v) is 13.9. The van der Waals surface area contributed by atoms with Gasteiger partial charge in [0.1, 0.15) is 0 Å². The molecule has 2 heterocycles. The van der Waals surface area contributed by atoms with Crippen molar-refractivity contribution in [2.45, 2.75) is 32.2 Å². The molecular weight excluding hydrogens is 312 g/mol. The van der Waals surface area contributed by atoms with E-state index >= 15 is 0 Å². The molecule has 0 saturated carbocycles. The van der Waals surface area contributed by atoms with Crippen molar-refractivity contribution in [3.05, 3.63) is 46.6 Å². The fraction of sp³-hybridized carbons (Fsp3) is 0.412. The summed E-state index contributed by atoms with van der Waals surface area (Å²) < 4.78 is 0. The van der Waals surface area contributed by atoms with Crippen LogP contribution in [0.2, 0.25) is 5.02 Å². The number of anilines is 1. The van der Waals surface area contributed by atoms with Crippen molar-refractivity contribution in [3.8, 4) is 0 Å². The van der Waals surface area contributed by atoms with Crippen molar-refractivity contribution in [3.63, 3.8) is 0 Å². The van der Waals surface area contributed by atoms with E-state index in [2.05, 4.69) is 26.5 Å². The van der Waals surface area contributed by atoms with Gasteiger partial charge in [0.15, 0.2) is 5.82 Å². The number of nitrogens with one attached hydrogen (secondary N) is 2. The molecule has 3 rings (SSSR count). The molecule has 2 N–H and O–H groups in total. The van der Waals surface area contributed by atoms with Crippen LogP contribution in [0.1, 0.15) is 24.1 Å². The predicted octanol–water partition coefficient (Wildman–Crippen LogP) is 2.70. The maximum Gasteiger partial charge on any atom is 0.224 e. The largest absolute Gasteiger partial charge is 0.355 e. The molecule has 1 fully saturated rings. The Bertz CT molecular complexity index is 677. The molecule has 1 aromatic heterocycles. The number of rotatable bonds is 4. The van der Waals surface area contributed by atoms with E-state index in [0.29, 0.717) is 11.4 Å². The highest BCUT2D eigenvalue weighted by atomic mass is 35.5. The van der Waals surface area contributed by atoms with Gasteiger partial charge in [-0.15, -0.1) is 0 Å². The van der Waals surface area contributed by atoms with Crippen LogP contribution in [0.25, 0.3) is 0 Å². The van der Waals surface area contributed by atoms with E-state index in [-0.39, 0.29) is 11.9 Å². The molecule has 1 amide bonds. The molecule has 0 spiro atoms. The summed E-state index contributed by atoms with van der Waals surface area (Å²) in [4.78, 5) is 14.4. The minimum atomic E-state index is 0.0344. The van der Waals surface area contributed by atoms with Gasteiger partial charge in [0.25, 0.3) is 0 Å². The Morgan fingerprint density at radius 3 is 2.78 bits per heavy atom. The van der Waals surface area contributed by atoms with Crippen LogP contribution in [-0.2, 0) is 11.2 Å². The Labute approximate surface area is 141 Å². The number of amides is 1. The average molecular weight is 333 g/mol. The highest BCUT2D eigenvalue weighted by Gasteiger charge is 2.22. The molecule has 0 bridgehead atoms. The van der Waals surface area contributed by atoms with Crippen LogP contribution in [0.4, 0.5) is 5.82 Å². The van der Waals surface area contributed by atoms with E-state index in [1.165, 1.54) is 0 Å². The Balaban J connectivity index is 1.49. The summed E-state index contributed by atoms with van der Waals surface area (Å²) in [5.74, 6) is 1.02. The van der Waals surface area contributed by atoms with Gasteiger partial charge in [-0.05, 0) is 31.4 Å². The molecule has 2 aromatic rings. The van der Waals surface area contributed by atoms with Crippen LogP contribution < -0.4 is 10.2 Å². The van der Waals surface area contributed by atoms with Gasteiger partial charge in [-0.2, -0.15) is 5.10 Å². The summed E-state index contributed by atoms with van der Waals surface area (Å²) in [5, 5.41) is 11.0. The summed E-state index contributed by atoms with van der Waals surface area (Å²) in [7, 11) is 0. The molecule has 0 radical (unpaired) electrons. The van der Waals surface area contributed by atoms with Crippen LogP contribution in [0.5, 0.6) is 0 Å². The van der Waals surface area contributed by atoms with Gasteiger partial charge >= 0.3 is 0 Å². The zero-order chi connectivity index (χ0) is 16.2. The van der Waals surface area contributed by atoms with Crippen molar-refractivity contribution in [1.82, 2.24) is 15.5 Å². The fourth-order valence-corrected chi connectivity index (χ4v) is 3.11. The highest BCUT2D eigenvalue weighted by molar-refractivity contribution is 6.31. The number of aromatic amines is 1. The van der Waals surface area contributed by atoms with Crippen molar-refractivity contribution in [2.24, 2.45) is 0 Å². The molecule has 0 unspecified atom stereocenters. The molecule has 0 aliphatic carbocycles. The third-order valence-corrected chi connectivity index (χ3v) is 4.55. The lowest BCUT2D eigenvalue weighted by atomic mass is 10.0. The number of aryl methyl sites for hydroxylation is 1. The van der Waals surface area contributed by atoms with Crippen molar-refractivity contribution < 1.29 is 4.79 Å². The van der Waals surface area contributed by atoms with Crippen LogP contribution in [-0.4, -0.2) is 35.2 Å². The Hall–Kier alpha value is -2.01. The van der Waals surface area contributed by atoms with Gasteiger partial charge in [0, 0.05) is 35.9 Å². The molecule has 23 heavy (non-hydrogen) atoms. The maximum absolute atomic E-state index is 12.2. The molecule has 122 valence electrons. The highest BCUT2D eigenvalue weighted by Crippen LogP contribution is 2.19. The van der Waals surface area contributed by atoms with Gasteiger partial charge in [0.2, 0.25) is 5.91 Å². The summed E-state index contributed by atoms with van der Waals surface area (Å²) in [5.41, 5.74) is 1.94. The lowest BCUT2D eigenvalue weighted by Gasteiger charge is -2.32. The second kappa shape index (κ2) is 7.04. The van der Waals surface area contributed by atoms with E-state index in [1.54, 1.807) is 0 Å². The van der Waals surface area contributed by atoms with Gasteiger partial charge < -0.3 is 10.2 Å².